The summed E-state index contributed by atoms with van der Waals surface area (Å²) in [5.74, 6) is -1.78. The molecule has 1 aromatic carbocycles. The molecule has 2 aromatic rings. The van der Waals surface area contributed by atoms with E-state index in [0.29, 0.717) is 19.6 Å². The Kier molecular flexibility index (Phi) is 4.43. The number of amides is 2. The first-order valence-corrected chi connectivity index (χ1v) is 10.2. The number of imide groups is 1. The monoisotopic (exact) mass is 405 g/mol. The van der Waals surface area contributed by atoms with E-state index in [4.69, 9.17) is 4.74 Å². The van der Waals surface area contributed by atoms with Gasteiger partial charge in [-0.1, -0.05) is 30.4 Å². The summed E-state index contributed by atoms with van der Waals surface area (Å²) in [5.41, 5.74) is 2.56. The zero-order valence-electron chi connectivity index (χ0n) is 16.9. The summed E-state index contributed by atoms with van der Waals surface area (Å²) in [5, 5.41) is 0.962. The standard InChI is InChI=1S/C23H23N3O4/c1-13(27)20-18-17(22(28)25(23(18)29)11-4-12-30-2)16-9-8-15-7-6-14-5-3-10-24-19(14)21(15)26(16)20/h3,5-10,16-18,20H,4,11-12H2,1-2H3/t16-,17-,18+,20-/m1/s1. The molecule has 5 rings (SSSR count). The quantitative estimate of drug-likeness (QED) is 0.560. The molecule has 2 amide bonds. The zero-order valence-corrected chi connectivity index (χ0v) is 16.9. The van der Waals surface area contributed by atoms with Crippen molar-refractivity contribution >= 4 is 40.3 Å². The molecule has 7 nitrogen and oxygen atoms in total. The Hall–Kier alpha value is -3.06. The number of likely N-dealkylation sites (tertiary alicyclic amines) is 1. The number of methoxy groups -OCH3 is 1. The van der Waals surface area contributed by atoms with Crippen molar-refractivity contribution < 1.29 is 19.1 Å². The second kappa shape index (κ2) is 7.02. The first kappa shape index (κ1) is 18.9. The van der Waals surface area contributed by atoms with Crippen LogP contribution in [0.25, 0.3) is 17.0 Å². The summed E-state index contributed by atoms with van der Waals surface area (Å²) in [4.78, 5) is 47.2. The van der Waals surface area contributed by atoms with E-state index in [1.165, 1.54) is 11.8 Å². The Morgan fingerprint density at radius 1 is 1.17 bits per heavy atom. The minimum atomic E-state index is -0.680. The largest absolute Gasteiger partial charge is 0.385 e. The maximum Gasteiger partial charge on any atom is 0.235 e. The Labute approximate surface area is 174 Å². The van der Waals surface area contributed by atoms with Crippen LogP contribution in [0.1, 0.15) is 18.9 Å². The molecule has 0 radical (unpaired) electrons. The van der Waals surface area contributed by atoms with Crippen LogP contribution in [-0.4, -0.2) is 59.8 Å². The van der Waals surface area contributed by atoms with Gasteiger partial charge in [-0.15, -0.1) is 0 Å². The van der Waals surface area contributed by atoms with Crippen LogP contribution in [0, 0.1) is 11.8 Å². The molecule has 1 aromatic heterocycles. The number of aromatic nitrogens is 1. The van der Waals surface area contributed by atoms with E-state index >= 15 is 0 Å². The molecule has 3 aliphatic heterocycles. The van der Waals surface area contributed by atoms with Crippen molar-refractivity contribution in [2.45, 2.75) is 25.4 Å². The molecule has 7 heteroatoms. The van der Waals surface area contributed by atoms with E-state index in [1.807, 2.05) is 41.3 Å². The summed E-state index contributed by atoms with van der Waals surface area (Å²) in [6.45, 7) is 2.30. The van der Waals surface area contributed by atoms with Gasteiger partial charge in [0.15, 0.2) is 5.78 Å². The molecule has 0 unspecified atom stereocenters. The second-order valence-corrected chi connectivity index (χ2v) is 8.12. The Morgan fingerprint density at radius 2 is 1.97 bits per heavy atom. The fourth-order valence-electron chi connectivity index (χ4n) is 5.29. The Morgan fingerprint density at radius 3 is 2.73 bits per heavy atom. The van der Waals surface area contributed by atoms with Crippen molar-refractivity contribution in [1.82, 2.24) is 9.88 Å². The van der Waals surface area contributed by atoms with Crippen LogP contribution < -0.4 is 4.90 Å². The number of pyridine rings is 1. The van der Waals surface area contributed by atoms with E-state index < -0.39 is 17.9 Å². The van der Waals surface area contributed by atoms with Gasteiger partial charge in [0, 0.05) is 31.8 Å². The minimum absolute atomic E-state index is 0.110. The summed E-state index contributed by atoms with van der Waals surface area (Å²) in [6.07, 6.45) is 6.25. The smallest absolute Gasteiger partial charge is 0.235 e. The number of fused-ring (bicyclic) bond motifs is 7. The normalized spacial score (nSPS) is 26.9. The third kappa shape index (κ3) is 2.55. The van der Waals surface area contributed by atoms with Crippen LogP contribution in [0.4, 0.5) is 5.69 Å². The molecule has 3 aliphatic rings. The maximum atomic E-state index is 13.3. The predicted octanol–water partition coefficient (Wildman–Crippen LogP) is 2.05. The number of carbonyl (C=O) groups is 3. The summed E-state index contributed by atoms with van der Waals surface area (Å²) in [7, 11) is 1.59. The van der Waals surface area contributed by atoms with Crippen molar-refractivity contribution in [1.29, 1.82) is 0 Å². The summed E-state index contributed by atoms with van der Waals surface area (Å²) >= 11 is 0. The van der Waals surface area contributed by atoms with Gasteiger partial charge >= 0.3 is 0 Å². The molecule has 0 saturated carbocycles. The van der Waals surface area contributed by atoms with Crippen molar-refractivity contribution in [3.05, 3.63) is 42.1 Å². The van der Waals surface area contributed by atoms with Crippen molar-refractivity contribution in [3.63, 3.8) is 0 Å². The zero-order chi connectivity index (χ0) is 21.0. The van der Waals surface area contributed by atoms with Gasteiger partial charge in [0.05, 0.1) is 29.1 Å². The highest BCUT2D eigenvalue weighted by molar-refractivity contribution is 6.12. The van der Waals surface area contributed by atoms with Gasteiger partial charge in [-0.05, 0) is 25.0 Å². The highest BCUT2D eigenvalue weighted by Crippen LogP contribution is 2.49. The van der Waals surface area contributed by atoms with Crippen LogP contribution >= 0.6 is 0 Å². The number of anilines is 1. The number of ether oxygens (including phenoxy) is 1. The Balaban J connectivity index is 1.62. The van der Waals surface area contributed by atoms with Crippen LogP contribution in [0.3, 0.4) is 0 Å². The van der Waals surface area contributed by atoms with Crippen LogP contribution in [-0.2, 0) is 19.1 Å². The second-order valence-electron chi connectivity index (χ2n) is 8.12. The third-order valence-electron chi connectivity index (χ3n) is 6.48. The molecule has 0 bridgehead atoms. The molecule has 0 aliphatic carbocycles. The van der Waals surface area contributed by atoms with E-state index in [1.54, 1.807) is 13.3 Å². The molecule has 0 N–H and O–H groups in total. The highest BCUT2D eigenvalue weighted by atomic mass is 16.5. The van der Waals surface area contributed by atoms with Gasteiger partial charge in [-0.3, -0.25) is 24.3 Å². The number of hydrogen-bond donors (Lipinski definition) is 0. The number of ketones is 1. The van der Waals surface area contributed by atoms with Crippen molar-refractivity contribution in [2.24, 2.45) is 11.8 Å². The molecular formula is C23H23N3O4. The van der Waals surface area contributed by atoms with Crippen molar-refractivity contribution in [3.8, 4) is 0 Å². The van der Waals surface area contributed by atoms with Gasteiger partial charge in [-0.2, -0.15) is 0 Å². The molecular weight excluding hydrogens is 382 g/mol. The van der Waals surface area contributed by atoms with E-state index in [-0.39, 0.29) is 23.6 Å². The highest BCUT2D eigenvalue weighted by Gasteiger charge is 2.63. The van der Waals surface area contributed by atoms with Crippen LogP contribution in [0.5, 0.6) is 0 Å². The SMILES string of the molecule is COCCCN1C(=O)[C@H]2[C@H](C1=O)[C@@H](C(C)=O)N1c3c(ccc4cccnc34)C=C[C@H]21. The molecule has 2 saturated heterocycles. The fraction of sp³-hybridized carbons (Fsp3) is 0.391. The predicted molar refractivity (Wildman–Crippen MR) is 112 cm³/mol. The number of hydrogen-bond acceptors (Lipinski definition) is 6. The lowest BCUT2D eigenvalue weighted by Crippen LogP contribution is -2.48. The number of nitrogens with zero attached hydrogens (tertiary/aromatic N) is 3. The average molecular weight is 405 g/mol. The number of Topliss-reactive ketones (excluding diaryl/α,β-unsaturated/α-hetero) is 1. The first-order valence-electron chi connectivity index (χ1n) is 10.2. The average Bonchev–Trinajstić information content (AvgIpc) is 3.22. The number of benzene rings is 1. The number of rotatable bonds is 5. The summed E-state index contributed by atoms with van der Waals surface area (Å²) in [6, 6.07) is 6.82. The molecule has 30 heavy (non-hydrogen) atoms. The van der Waals surface area contributed by atoms with Gasteiger partial charge in [0.1, 0.15) is 6.04 Å². The van der Waals surface area contributed by atoms with Gasteiger partial charge in [0.25, 0.3) is 0 Å². The van der Waals surface area contributed by atoms with Gasteiger partial charge in [-0.25, -0.2) is 0 Å². The van der Waals surface area contributed by atoms with E-state index in [9.17, 15) is 14.4 Å². The topological polar surface area (TPSA) is 79.8 Å². The lowest BCUT2D eigenvalue weighted by atomic mass is 9.88. The van der Waals surface area contributed by atoms with E-state index in [2.05, 4.69) is 4.98 Å². The Bertz CT molecular complexity index is 1100. The van der Waals surface area contributed by atoms with E-state index in [0.717, 1.165) is 22.2 Å². The molecule has 2 fully saturated rings. The molecule has 4 atom stereocenters. The molecule has 0 spiro atoms. The van der Waals surface area contributed by atoms with Gasteiger partial charge < -0.3 is 9.64 Å². The van der Waals surface area contributed by atoms with Crippen LogP contribution in [0.2, 0.25) is 0 Å². The summed E-state index contributed by atoms with van der Waals surface area (Å²) < 4.78 is 5.06. The molecule has 4 heterocycles. The fourth-order valence-corrected chi connectivity index (χ4v) is 5.29. The van der Waals surface area contributed by atoms with Crippen LogP contribution in [0.15, 0.2) is 36.5 Å². The van der Waals surface area contributed by atoms with Gasteiger partial charge in [0.2, 0.25) is 11.8 Å². The minimum Gasteiger partial charge on any atom is -0.385 e. The molecule has 154 valence electrons. The first-order chi connectivity index (χ1) is 14.5. The lowest BCUT2D eigenvalue weighted by Gasteiger charge is -2.36. The van der Waals surface area contributed by atoms with Crippen molar-refractivity contribution in [2.75, 3.05) is 25.2 Å². The number of carbonyl (C=O) groups excluding carboxylic acids is 3. The maximum absolute atomic E-state index is 13.3. The lowest BCUT2D eigenvalue weighted by molar-refractivity contribution is -0.141. The third-order valence-corrected chi connectivity index (χ3v) is 6.48.